The Morgan fingerprint density at radius 3 is 1.35 bits per heavy atom. The molecule has 1 heterocycles. The number of carbonyl (C=O) groups is 1. The van der Waals surface area contributed by atoms with E-state index in [9.17, 15) is 4.79 Å². The number of hydrogen-bond acceptors (Lipinski definition) is 2. The highest BCUT2D eigenvalue weighted by Crippen LogP contribution is 2.41. The zero-order valence-corrected chi connectivity index (χ0v) is 17.2. The summed E-state index contributed by atoms with van der Waals surface area (Å²) in [7, 11) is 0. The van der Waals surface area contributed by atoms with Gasteiger partial charge in [0.15, 0.2) is 6.29 Å². The van der Waals surface area contributed by atoms with E-state index in [0.717, 1.165) is 0 Å². The Kier molecular flexibility index (Phi) is 6.03. The first-order chi connectivity index (χ1) is 12.3. The van der Waals surface area contributed by atoms with E-state index in [-0.39, 0.29) is 0 Å². The number of aromatic nitrogens is 1. The first-order valence-corrected chi connectivity index (χ1v) is 9.33. The van der Waals surface area contributed by atoms with Gasteiger partial charge in [0, 0.05) is 40.2 Å². The molecule has 0 fully saturated rings. The fraction of sp³-hybridized carbons (Fsp3) is 0. The SMILES string of the molecule is O=Cc1c(-c2cc(Cl)c(Cl)cc2Cl)cncc1-c1cc(Cl)c(Cl)cc1Cl. The number of carbonyl (C=O) groups excluding carboxylic acids is 1. The maximum atomic E-state index is 11.9. The van der Waals surface area contributed by atoms with Gasteiger partial charge < -0.3 is 0 Å². The third kappa shape index (κ3) is 3.68. The van der Waals surface area contributed by atoms with Crippen molar-refractivity contribution in [3.63, 3.8) is 0 Å². The smallest absolute Gasteiger partial charge is 0.151 e. The minimum atomic E-state index is 0.306. The Hall–Kier alpha value is -1.000. The lowest BCUT2D eigenvalue weighted by Gasteiger charge is -2.14. The van der Waals surface area contributed by atoms with Crippen LogP contribution >= 0.6 is 69.6 Å². The van der Waals surface area contributed by atoms with Gasteiger partial charge in [-0.1, -0.05) is 69.6 Å². The highest BCUT2D eigenvalue weighted by molar-refractivity contribution is 6.45. The Labute approximate surface area is 179 Å². The third-order valence-electron chi connectivity index (χ3n) is 3.71. The first-order valence-electron chi connectivity index (χ1n) is 7.06. The monoisotopic (exact) mass is 463 g/mol. The van der Waals surface area contributed by atoms with Crippen LogP contribution in [0, 0.1) is 0 Å². The normalized spacial score (nSPS) is 10.8. The van der Waals surface area contributed by atoms with Crippen LogP contribution in [0.4, 0.5) is 0 Å². The Morgan fingerprint density at radius 1 is 0.577 bits per heavy atom. The average molecular weight is 466 g/mol. The fourth-order valence-corrected chi connectivity index (χ4v) is 3.78. The molecule has 0 aliphatic carbocycles. The van der Waals surface area contributed by atoms with Crippen molar-refractivity contribution in [3.8, 4) is 22.3 Å². The molecule has 3 rings (SSSR count). The Morgan fingerprint density at radius 2 is 0.962 bits per heavy atom. The van der Waals surface area contributed by atoms with Gasteiger partial charge >= 0.3 is 0 Å². The van der Waals surface area contributed by atoms with Gasteiger partial charge in [0.1, 0.15) is 0 Å². The molecule has 1 aromatic heterocycles. The molecule has 0 bridgehead atoms. The molecule has 0 aliphatic heterocycles. The minimum absolute atomic E-state index is 0.306. The predicted molar refractivity (Wildman–Crippen MR) is 111 cm³/mol. The van der Waals surface area contributed by atoms with Crippen molar-refractivity contribution >= 4 is 75.9 Å². The quantitative estimate of drug-likeness (QED) is 0.288. The van der Waals surface area contributed by atoms with Crippen LogP contribution in [0.5, 0.6) is 0 Å². The molecule has 0 N–H and O–H groups in total. The minimum Gasteiger partial charge on any atom is -0.298 e. The maximum Gasteiger partial charge on any atom is 0.151 e. The molecule has 3 aromatic rings. The highest BCUT2D eigenvalue weighted by Gasteiger charge is 2.18. The summed E-state index contributed by atoms with van der Waals surface area (Å²) in [5.74, 6) is 0. The topological polar surface area (TPSA) is 30.0 Å². The molecule has 0 spiro atoms. The first kappa shape index (κ1) is 19.8. The molecular weight excluding hydrogens is 459 g/mol. The number of aldehydes is 1. The van der Waals surface area contributed by atoms with Gasteiger partial charge in [-0.15, -0.1) is 0 Å². The standard InChI is InChI=1S/C18H7Cl6NO/c19-13-3-17(23)15(21)1-8(13)10-5-25-6-11(12(10)7-26)9-2-16(22)18(24)4-14(9)20/h1-7H. The van der Waals surface area contributed by atoms with E-state index in [1.807, 2.05) is 0 Å². The summed E-state index contributed by atoms with van der Waals surface area (Å²) in [5.41, 5.74) is 2.36. The van der Waals surface area contributed by atoms with Crippen molar-refractivity contribution in [1.82, 2.24) is 4.98 Å². The van der Waals surface area contributed by atoms with E-state index >= 15 is 0 Å². The van der Waals surface area contributed by atoms with Crippen LogP contribution in [-0.4, -0.2) is 11.3 Å². The second-order valence-electron chi connectivity index (χ2n) is 5.26. The van der Waals surface area contributed by atoms with Gasteiger partial charge in [-0.3, -0.25) is 9.78 Å². The van der Waals surface area contributed by atoms with Crippen LogP contribution in [0.2, 0.25) is 30.1 Å². The Balaban J connectivity index is 2.30. The molecule has 26 heavy (non-hydrogen) atoms. The maximum absolute atomic E-state index is 11.9. The average Bonchev–Trinajstić information content (AvgIpc) is 2.60. The predicted octanol–water partition coefficient (Wildman–Crippen LogP) is 8.15. The van der Waals surface area contributed by atoms with E-state index in [2.05, 4.69) is 4.98 Å². The second-order valence-corrected chi connectivity index (χ2v) is 7.70. The van der Waals surface area contributed by atoms with Gasteiger partial charge in [-0.2, -0.15) is 0 Å². The molecule has 8 heteroatoms. The summed E-state index contributed by atoms with van der Waals surface area (Å²) in [6, 6.07) is 6.18. The molecule has 0 aliphatic rings. The Bertz CT molecular complexity index is 959. The lowest BCUT2D eigenvalue weighted by molar-refractivity contribution is 0.112. The number of pyridine rings is 1. The van der Waals surface area contributed by atoms with E-state index in [0.29, 0.717) is 64.2 Å². The molecule has 0 radical (unpaired) electrons. The molecule has 132 valence electrons. The second kappa shape index (κ2) is 7.93. The lowest BCUT2D eigenvalue weighted by atomic mass is 9.95. The number of benzene rings is 2. The number of rotatable bonds is 3. The van der Waals surface area contributed by atoms with Crippen molar-refractivity contribution in [2.75, 3.05) is 0 Å². The number of halogens is 6. The summed E-state index contributed by atoms with van der Waals surface area (Å²) in [6.07, 6.45) is 3.73. The van der Waals surface area contributed by atoms with Crippen LogP contribution < -0.4 is 0 Å². The third-order valence-corrected chi connectivity index (χ3v) is 5.78. The van der Waals surface area contributed by atoms with Crippen molar-refractivity contribution < 1.29 is 4.79 Å². The fourth-order valence-electron chi connectivity index (χ4n) is 2.48. The van der Waals surface area contributed by atoms with Crippen LogP contribution in [0.15, 0.2) is 36.7 Å². The highest BCUT2D eigenvalue weighted by atomic mass is 35.5. The number of hydrogen-bond donors (Lipinski definition) is 0. The summed E-state index contributed by atoms with van der Waals surface area (Å²) in [6.45, 7) is 0. The van der Waals surface area contributed by atoms with Crippen molar-refractivity contribution in [2.24, 2.45) is 0 Å². The van der Waals surface area contributed by atoms with Crippen molar-refractivity contribution in [3.05, 3.63) is 72.4 Å². The lowest BCUT2D eigenvalue weighted by Crippen LogP contribution is -1.96. The molecule has 2 nitrogen and oxygen atoms in total. The van der Waals surface area contributed by atoms with E-state index in [1.165, 1.54) is 24.5 Å². The van der Waals surface area contributed by atoms with Gasteiger partial charge in [0.25, 0.3) is 0 Å². The number of nitrogens with zero attached hydrogens (tertiary/aromatic N) is 1. The van der Waals surface area contributed by atoms with Crippen molar-refractivity contribution in [2.45, 2.75) is 0 Å². The van der Waals surface area contributed by atoms with Gasteiger partial charge in [-0.25, -0.2) is 0 Å². The van der Waals surface area contributed by atoms with Crippen molar-refractivity contribution in [1.29, 1.82) is 0 Å². The van der Waals surface area contributed by atoms with E-state index in [1.54, 1.807) is 12.1 Å². The van der Waals surface area contributed by atoms with E-state index < -0.39 is 0 Å². The molecule has 0 amide bonds. The van der Waals surface area contributed by atoms with Gasteiger partial charge in [-0.05, 0) is 24.3 Å². The summed E-state index contributed by atoms with van der Waals surface area (Å²) < 4.78 is 0. The van der Waals surface area contributed by atoms with Crippen LogP contribution in [0.25, 0.3) is 22.3 Å². The molecular formula is C18H7Cl6NO. The summed E-state index contributed by atoms with van der Waals surface area (Å²) >= 11 is 36.7. The molecule has 0 atom stereocenters. The zero-order valence-electron chi connectivity index (χ0n) is 12.7. The summed E-state index contributed by atoms with van der Waals surface area (Å²) in [4.78, 5) is 16.1. The van der Waals surface area contributed by atoms with Crippen LogP contribution in [-0.2, 0) is 0 Å². The zero-order chi connectivity index (χ0) is 19.0. The van der Waals surface area contributed by atoms with Crippen LogP contribution in [0.3, 0.4) is 0 Å². The molecule has 0 unspecified atom stereocenters. The largest absolute Gasteiger partial charge is 0.298 e. The molecule has 2 aromatic carbocycles. The van der Waals surface area contributed by atoms with Gasteiger partial charge in [0.2, 0.25) is 0 Å². The van der Waals surface area contributed by atoms with Crippen LogP contribution in [0.1, 0.15) is 10.4 Å². The molecule has 0 saturated carbocycles. The molecule has 0 saturated heterocycles. The van der Waals surface area contributed by atoms with Gasteiger partial charge in [0.05, 0.1) is 30.1 Å². The van der Waals surface area contributed by atoms with E-state index in [4.69, 9.17) is 69.6 Å². The summed E-state index contributed by atoms with van der Waals surface area (Å²) in [5, 5.41) is 1.90.